The number of hydrogen-bond donors (Lipinski definition) is 2. The highest BCUT2D eigenvalue weighted by atomic mass is 19.1. The fourth-order valence-corrected chi connectivity index (χ4v) is 7.58. The van der Waals surface area contributed by atoms with Gasteiger partial charge in [-0.2, -0.15) is 0 Å². The first-order valence-electron chi connectivity index (χ1n) is 15.5. The molecule has 44 heavy (non-hydrogen) atoms. The number of alkyl halides is 1. The normalized spacial score (nSPS) is 24.4. The zero-order valence-electron chi connectivity index (χ0n) is 25.0. The van der Waals surface area contributed by atoms with Crippen LogP contribution in [-0.2, 0) is 0 Å². The molecule has 0 spiro atoms. The molecule has 8 nitrogen and oxygen atoms in total. The molecule has 10 heteroatoms. The van der Waals surface area contributed by atoms with Crippen molar-refractivity contribution in [2.75, 3.05) is 38.2 Å². The lowest BCUT2D eigenvalue weighted by atomic mass is 9.93. The predicted octanol–water partition coefficient (Wildman–Crippen LogP) is 5.64. The topological polar surface area (TPSA) is 90.8 Å². The summed E-state index contributed by atoms with van der Waals surface area (Å²) in [6.45, 7) is 4.98. The Morgan fingerprint density at radius 3 is 2.61 bits per heavy atom. The lowest BCUT2D eigenvalue weighted by Gasteiger charge is -2.35. The number of hydrogen-bond acceptors (Lipinski definition) is 8. The lowest BCUT2D eigenvalue weighted by molar-refractivity contribution is 0.101. The second-order valence-electron chi connectivity index (χ2n) is 12.5. The molecule has 0 saturated carbocycles. The van der Waals surface area contributed by atoms with Crippen molar-refractivity contribution in [2.45, 2.75) is 63.3 Å². The van der Waals surface area contributed by atoms with E-state index in [2.05, 4.69) is 20.1 Å². The minimum Gasteiger partial charge on any atom is -0.508 e. The molecule has 0 radical (unpaired) electrons. The molecule has 4 aliphatic heterocycles. The fraction of sp³-hybridized carbons (Fsp3) is 0.441. The number of carbonyl (C=O) groups excluding carboxylic acids is 1. The van der Waals surface area contributed by atoms with Crippen LogP contribution in [0.5, 0.6) is 11.6 Å². The smallest absolute Gasteiger partial charge is 0.215 e. The van der Waals surface area contributed by atoms with E-state index in [0.717, 1.165) is 37.3 Å². The van der Waals surface area contributed by atoms with Crippen LogP contribution in [0.25, 0.3) is 32.9 Å². The molecule has 4 unspecified atom stereocenters. The average Bonchev–Trinajstić information content (AvgIpc) is 3.69. The number of halogens is 2. The number of fused-ring (bicyclic) bond motifs is 5. The molecule has 4 fully saturated rings. The highest BCUT2D eigenvalue weighted by Crippen LogP contribution is 2.39. The van der Waals surface area contributed by atoms with Crippen molar-refractivity contribution in [1.82, 2.24) is 20.2 Å². The molecule has 2 N–H and O–H groups in total. The number of phenolic OH excluding ortho intramolecular Hbond substituents is 1. The summed E-state index contributed by atoms with van der Waals surface area (Å²) in [7, 11) is 1.58. The number of ether oxygens (including phenoxy) is 1. The van der Waals surface area contributed by atoms with E-state index in [-0.39, 0.29) is 17.1 Å². The van der Waals surface area contributed by atoms with E-state index in [0.29, 0.717) is 58.0 Å². The van der Waals surface area contributed by atoms with Crippen molar-refractivity contribution in [1.29, 1.82) is 0 Å². The molecule has 2 bridgehead atoms. The predicted molar refractivity (Wildman–Crippen MR) is 167 cm³/mol. The van der Waals surface area contributed by atoms with Crippen molar-refractivity contribution in [3.63, 3.8) is 0 Å². The molecular formula is C34H37F2N5O3. The van der Waals surface area contributed by atoms with Gasteiger partial charge in [-0.25, -0.2) is 13.8 Å². The van der Waals surface area contributed by atoms with E-state index in [1.807, 2.05) is 12.1 Å². The second kappa shape index (κ2) is 11.6. The van der Waals surface area contributed by atoms with Crippen LogP contribution in [0.4, 0.5) is 14.5 Å². The first kappa shape index (κ1) is 28.9. The summed E-state index contributed by atoms with van der Waals surface area (Å²) in [6, 6.07) is 11.2. The van der Waals surface area contributed by atoms with Crippen molar-refractivity contribution < 1.29 is 23.4 Å². The molecule has 6 heterocycles. The third kappa shape index (κ3) is 5.34. The number of phenols is 1. The van der Waals surface area contributed by atoms with Gasteiger partial charge in [-0.1, -0.05) is 6.07 Å². The van der Waals surface area contributed by atoms with E-state index < -0.39 is 12.0 Å². The molecule has 0 aliphatic carbocycles. The van der Waals surface area contributed by atoms with Crippen LogP contribution in [0.3, 0.4) is 0 Å². The molecule has 2 aromatic heterocycles. The number of methoxy groups -OCH3 is 1. The van der Waals surface area contributed by atoms with E-state index in [1.54, 1.807) is 19.4 Å². The third-order valence-electron chi connectivity index (χ3n) is 9.54. The van der Waals surface area contributed by atoms with Gasteiger partial charge in [0, 0.05) is 61.0 Å². The number of benzene rings is 2. The number of nitrogens with one attached hydrogen (secondary N) is 1. The van der Waals surface area contributed by atoms with Gasteiger partial charge >= 0.3 is 0 Å². The van der Waals surface area contributed by atoms with Gasteiger partial charge in [0.2, 0.25) is 5.88 Å². The standard InChI is InChI=1S/C27H25FN4O3.C7H12FN/c1-14(33)25-21(28)6-3-15-7-19(34)9-20(26(15)25)16-8-22-27(29-11-16)23(10-24(31-22)35-2)32-12-17-4-5-18(13-32)30-17;8-6-4-7-2-1-3-9(7)5-6/h3,6-11,17-18,30,34H,4-5,12-13H2,1-2H3;6-7H,1-5H2. The van der Waals surface area contributed by atoms with Crippen molar-refractivity contribution in [3.05, 3.63) is 54.0 Å². The monoisotopic (exact) mass is 601 g/mol. The van der Waals surface area contributed by atoms with Crippen molar-refractivity contribution in [2.24, 2.45) is 0 Å². The molecule has 4 aliphatic rings. The van der Waals surface area contributed by atoms with Gasteiger partial charge in [-0.05, 0) is 80.8 Å². The third-order valence-corrected chi connectivity index (χ3v) is 9.54. The summed E-state index contributed by atoms with van der Waals surface area (Å²) in [4.78, 5) is 26.4. The second-order valence-corrected chi connectivity index (χ2v) is 12.5. The Morgan fingerprint density at radius 1 is 1.09 bits per heavy atom. The number of Topliss-reactive ketones (excluding diaryl/α,β-unsaturated/α-hetero) is 1. The van der Waals surface area contributed by atoms with Crippen LogP contribution in [0.1, 0.15) is 49.4 Å². The van der Waals surface area contributed by atoms with E-state index in [1.165, 1.54) is 50.8 Å². The first-order valence-corrected chi connectivity index (χ1v) is 15.5. The molecule has 8 rings (SSSR count). The Kier molecular flexibility index (Phi) is 7.58. The summed E-state index contributed by atoms with van der Waals surface area (Å²) in [5, 5.41) is 15.1. The van der Waals surface area contributed by atoms with Crippen LogP contribution in [0, 0.1) is 5.82 Å². The van der Waals surface area contributed by atoms with E-state index in [4.69, 9.17) is 9.72 Å². The highest BCUT2D eigenvalue weighted by Gasteiger charge is 2.35. The number of anilines is 1. The summed E-state index contributed by atoms with van der Waals surface area (Å²) in [6.07, 6.45) is 6.84. The zero-order valence-corrected chi connectivity index (χ0v) is 25.0. The van der Waals surface area contributed by atoms with Crippen LogP contribution >= 0.6 is 0 Å². The average molecular weight is 602 g/mol. The van der Waals surface area contributed by atoms with Crippen LogP contribution in [0.2, 0.25) is 0 Å². The van der Waals surface area contributed by atoms with Gasteiger partial charge in [0.15, 0.2) is 5.78 Å². The zero-order chi connectivity index (χ0) is 30.5. The van der Waals surface area contributed by atoms with Crippen molar-refractivity contribution >= 4 is 33.3 Å². The van der Waals surface area contributed by atoms with Crippen LogP contribution in [-0.4, -0.2) is 83.3 Å². The first-order chi connectivity index (χ1) is 21.3. The fourth-order valence-electron chi connectivity index (χ4n) is 7.58. The summed E-state index contributed by atoms with van der Waals surface area (Å²) >= 11 is 0. The quantitative estimate of drug-likeness (QED) is 0.291. The molecule has 4 aromatic rings. The molecular weight excluding hydrogens is 564 g/mol. The number of pyridine rings is 2. The van der Waals surface area contributed by atoms with Gasteiger partial charge in [0.25, 0.3) is 0 Å². The van der Waals surface area contributed by atoms with Gasteiger partial charge < -0.3 is 20.1 Å². The maximum absolute atomic E-state index is 14.7. The molecule has 2 aromatic carbocycles. The van der Waals surface area contributed by atoms with E-state index >= 15 is 0 Å². The number of rotatable bonds is 4. The minimum absolute atomic E-state index is 0.00632. The summed E-state index contributed by atoms with van der Waals surface area (Å²) < 4.78 is 32.8. The van der Waals surface area contributed by atoms with Crippen molar-refractivity contribution in [3.8, 4) is 22.8 Å². The maximum Gasteiger partial charge on any atom is 0.215 e. The Hall–Kier alpha value is -3.89. The van der Waals surface area contributed by atoms with E-state index in [9.17, 15) is 18.7 Å². The van der Waals surface area contributed by atoms with Gasteiger partial charge in [-0.15, -0.1) is 0 Å². The number of piperazine rings is 1. The molecule has 4 saturated heterocycles. The Balaban J connectivity index is 0.000000296. The summed E-state index contributed by atoms with van der Waals surface area (Å²) in [5.41, 5.74) is 3.48. The number of aromatic hydroxyl groups is 1. The highest BCUT2D eigenvalue weighted by molar-refractivity contribution is 6.13. The SMILES string of the molecule is COc1cc(N2CC3CCC(C2)N3)c2ncc(-c3cc(O)cc4ccc(F)c(C(C)=O)c34)cc2n1.FC1CC2CCCN2C1. The Bertz CT molecular complexity index is 1730. The molecule has 0 amide bonds. The maximum atomic E-state index is 14.7. The van der Waals surface area contributed by atoms with Crippen LogP contribution in [0.15, 0.2) is 42.6 Å². The summed E-state index contributed by atoms with van der Waals surface area (Å²) in [5.74, 6) is -0.483. The number of nitrogens with zero attached hydrogens (tertiary/aromatic N) is 4. The number of carbonyl (C=O) groups is 1. The van der Waals surface area contributed by atoms with Gasteiger partial charge in [0.1, 0.15) is 23.3 Å². The molecule has 230 valence electrons. The van der Waals surface area contributed by atoms with Crippen LogP contribution < -0.4 is 15.0 Å². The van der Waals surface area contributed by atoms with Gasteiger partial charge in [0.05, 0.1) is 23.9 Å². The lowest BCUT2D eigenvalue weighted by Crippen LogP contribution is -2.51. The Morgan fingerprint density at radius 2 is 1.89 bits per heavy atom. The molecule has 4 atom stereocenters. The number of aromatic nitrogens is 2. The minimum atomic E-state index is -0.596. The van der Waals surface area contributed by atoms with Gasteiger partial charge in [-0.3, -0.25) is 14.7 Å². The Labute approximate surface area is 255 Å². The largest absolute Gasteiger partial charge is 0.508 e. The number of ketones is 1.